The quantitative estimate of drug-likeness (QED) is 0.884. The van der Waals surface area contributed by atoms with E-state index in [0.717, 1.165) is 27.1 Å². The summed E-state index contributed by atoms with van der Waals surface area (Å²) in [5.41, 5.74) is 4.12. The average molecular weight is 316 g/mol. The summed E-state index contributed by atoms with van der Waals surface area (Å²) in [6.45, 7) is 3.51. The van der Waals surface area contributed by atoms with E-state index in [1.165, 1.54) is 0 Å². The Labute approximate surface area is 131 Å². The summed E-state index contributed by atoms with van der Waals surface area (Å²) in [5.74, 6) is -0.637. The predicted octanol–water partition coefficient (Wildman–Crippen LogP) is 2.84. The number of fused-ring (bicyclic) bond motifs is 2. The highest BCUT2D eigenvalue weighted by molar-refractivity contribution is 7.91. The lowest BCUT2D eigenvalue weighted by molar-refractivity contribution is -0.139. The van der Waals surface area contributed by atoms with Gasteiger partial charge in [-0.15, -0.1) is 0 Å². The molecule has 1 unspecified atom stereocenters. The molecule has 3 rings (SSSR count). The van der Waals surface area contributed by atoms with Crippen molar-refractivity contribution in [3.63, 3.8) is 0 Å². The van der Waals surface area contributed by atoms with Crippen LogP contribution in [0.3, 0.4) is 0 Å². The lowest BCUT2D eigenvalue weighted by Crippen LogP contribution is -2.19. The van der Waals surface area contributed by atoms with Gasteiger partial charge in [0.25, 0.3) is 0 Å². The Hall–Kier alpha value is -1.98. The van der Waals surface area contributed by atoms with Crippen LogP contribution in [0.4, 0.5) is 0 Å². The largest absolute Gasteiger partial charge is 0.606 e. The molecule has 4 nitrogen and oxygen atoms in total. The van der Waals surface area contributed by atoms with E-state index in [4.69, 9.17) is 9.84 Å². The van der Waals surface area contributed by atoms with Gasteiger partial charge < -0.3 is 14.4 Å². The van der Waals surface area contributed by atoms with E-state index in [1.54, 1.807) is 6.07 Å². The number of carboxylic acid groups (broad SMARTS) is 1. The fraction of sp³-hybridized carbons (Fsp3) is 0.235. The second kappa shape index (κ2) is 5.66. The molecule has 22 heavy (non-hydrogen) atoms. The Bertz CT molecular complexity index is 755. The third-order valence-corrected chi connectivity index (χ3v) is 5.58. The van der Waals surface area contributed by atoms with Gasteiger partial charge in [-0.05, 0) is 37.1 Å². The number of rotatable bonds is 3. The lowest BCUT2D eigenvalue weighted by atomic mass is 9.96. The van der Waals surface area contributed by atoms with Crippen LogP contribution in [0.5, 0.6) is 5.75 Å². The van der Waals surface area contributed by atoms with E-state index in [9.17, 15) is 9.35 Å². The van der Waals surface area contributed by atoms with Gasteiger partial charge in [0.2, 0.25) is 4.90 Å². The molecule has 114 valence electrons. The summed E-state index contributed by atoms with van der Waals surface area (Å²) in [4.78, 5) is 12.2. The van der Waals surface area contributed by atoms with E-state index < -0.39 is 23.8 Å². The van der Waals surface area contributed by atoms with Gasteiger partial charge >= 0.3 is 5.97 Å². The van der Waals surface area contributed by atoms with Gasteiger partial charge in [-0.2, -0.15) is 0 Å². The highest BCUT2D eigenvalue weighted by Crippen LogP contribution is 2.42. The van der Waals surface area contributed by atoms with Crippen LogP contribution in [-0.2, 0) is 22.4 Å². The van der Waals surface area contributed by atoms with Gasteiger partial charge in [0.05, 0.1) is 0 Å². The van der Waals surface area contributed by atoms with Crippen LogP contribution < -0.4 is 4.74 Å². The monoisotopic (exact) mass is 316 g/mol. The molecule has 0 saturated heterocycles. The number of benzene rings is 2. The standard InChI is InChI=1S/C17H16O4S/c1-10-7-14(21-9-16(18)19)17-13(11(10)2)8-12-5-3-4-6-15(12)22(17)20/h3-7H,8-9H2,1-2H3,(H,18,19). The number of hydrogen-bond acceptors (Lipinski definition) is 3. The van der Waals surface area contributed by atoms with Crippen LogP contribution >= 0.6 is 0 Å². The summed E-state index contributed by atoms with van der Waals surface area (Å²) < 4.78 is 18.3. The second-order valence-corrected chi connectivity index (χ2v) is 6.75. The van der Waals surface area contributed by atoms with Gasteiger partial charge in [-0.1, -0.05) is 18.2 Å². The molecule has 0 saturated carbocycles. The molecule has 0 radical (unpaired) electrons. The fourth-order valence-corrected chi connectivity index (χ4v) is 4.27. The van der Waals surface area contributed by atoms with E-state index in [2.05, 4.69) is 0 Å². The van der Waals surface area contributed by atoms with Crippen molar-refractivity contribution in [2.24, 2.45) is 0 Å². The molecule has 0 amide bonds. The molecule has 1 N–H and O–H groups in total. The topological polar surface area (TPSA) is 69.6 Å². The summed E-state index contributed by atoms with van der Waals surface area (Å²) in [5, 5.41) is 8.83. The number of hydrogen-bond donors (Lipinski definition) is 1. The minimum absolute atomic E-state index is 0.410. The molecule has 5 heteroatoms. The maximum atomic E-state index is 12.9. The second-order valence-electron chi connectivity index (χ2n) is 5.36. The molecule has 1 aliphatic rings. The Kier molecular flexibility index (Phi) is 3.85. The summed E-state index contributed by atoms with van der Waals surface area (Å²) >= 11 is -1.35. The average Bonchev–Trinajstić information content (AvgIpc) is 2.49. The smallest absolute Gasteiger partial charge is 0.341 e. The third kappa shape index (κ3) is 2.46. The third-order valence-electron chi connectivity index (χ3n) is 3.97. The number of aryl methyl sites for hydroxylation is 1. The molecule has 2 aromatic rings. The Balaban J connectivity index is 2.14. The molecule has 0 aromatic heterocycles. The van der Waals surface area contributed by atoms with Crippen molar-refractivity contribution in [3.8, 4) is 5.75 Å². The number of carbonyl (C=O) groups is 1. The molecular weight excluding hydrogens is 300 g/mol. The van der Waals surface area contributed by atoms with Crippen LogP contribution in [0.25, 0.3) is 0 Å². The first-order valence-corrected chi connectivity index (χ1v) is 8.11. The van der Waals surface area contributed by atoms with Crippen molar-refractivity contribution in [1.29, 1.82) is 0 Å². The van der Waals surface area contributed by atoms with Crippen molar-refractivity contribution in [2.45, 2.75) is 30.1 Å². The highest BCUT2D eigenvalue weighted by Gasteiger charge is 2.33. The van der Waals surface area contributed by atoms with E-state index >= 15 is 0 Å². The van der Waals surface area contributed by atoms with Gasteiger partial charge in [0.1, 0.15) is 0 Å². The number of carboxylic acids is 1. The fourth-order valence-electron chi connectivity index (χ4n) is 2.72. The highest BCUT2D eigenvalue weighted by atomic mass is 32.2. The Morgan fingerprint density at radius 1 is 1.36 bits per heavy atom. The van der Waals surface area contributed by atoms with Crippen molar-refractivity contribution < 1.29 is 19.2 Å². The first kappa shape index (κ1) is 14.9. The van der Waals surface area contributed by atoms with Gasteiger partial charge in [0.15, 0.2) is 17.3 Å². The molecule has 1 aliphatic heterocycles. The first-order chi connectivity index (χ1) is 10.5. The van der Waals surface area contributed by atoms with Crippen molar-refractivity contribution in [1.82, 2.24) is 0 Å². The zero-order valence-corrected chi connectivity index (χ0v) is 13.2. The zero-order valence-electron chi connectivity index (χ0n) is 12.4. The van der Waals surface area contributed by atoms with Gasteiger partial charge in [-0.3, -0.25) is 0 Å². The molecule has 1 heterocycles. The molecule has 0 spiro atoms. The predicted molar refractivity (Wildman–Crippen MR) is 83.0 cm³/mol. The molecule has 0 aliphatic carbocycles. The molecule has 0 bridgehead atoms. The summed E-state index contributed by atoms with van der Waals surface area (Å²) in [6, 6.07) is 9.41. The van der Waals surface area contributed by atoms with Crippen LogP contribution in [0.2, 0.25) is 0 Å². The first-order valence-electron chi connectivity index (χ1n) is 6.96. The van der Waals surface area contributed by atoms with Crippen LogP contribution in [0, 0.1) is 13.8 Å². The lowest BCUT2D eigenvalue weighted by Gasteiger charge is -2.25. The molecule has 2 aromatic carbocycles. The SMILES string of the molecule is Cc1cc(OCC(=O)O)c2c(c1C)Cc1ccccc1[S+]2[O-]. The number of ether oxygens (including phenoxy) is 1. The van der Waals surface area contributed by atoms with E-state index in [1.807, 2.05) is 38.1 Å². The van der Waals surface area contributed by atoms with Gasteiger partial charge in [-0.25, -0.2) is 4.79 Å². The molecule has 0 fully saturated rings. The van der Waals surface area contributed by atoms with E-state index in [0.29, 0.717) is 17.1 Å². The van der Waals surface area contributed by atoms with Crippen molar-refractivity contribution in [3.05, 3.63) is 52.6 Å². The van der Waals surface area contributed by atoms with Crippen molar-refractivity contribution in [2.75, 3.05) is 6.61 Å². The maximum Gasteiger partial charge on any atom is 0.341 e. The molecule has 1 atom stereocenters. The summed E-state index contributed by atoms with van der Waals surface area (Å²) in [6.07, 6.45) is 0.689. The Morgan fingerprint density at radius 3 is 2.82 bits per heavy atom. The minimum atomic E-state index is -1.35. The maximum absolute atomic E-state index is 12.9. The number of aliphatic carboxylic acids is 1. The van der Waals surface area contributed by atoms with Crippen LogP contribution in [0.1, 0.15) is 22.3 Å². The van der Waals surface area contributed by atoms with Gasteiger partial charge in [0, 0.05) is 28.7 Å². The van der Waals surface area contributed by atoms with Crippen LogP contribution in [-0.4, -0.2) is 22.2 Å². The van der Waals surface area contributed by atoms with Crippen LogP contribution in [0.15, 0.2) is 40.1 Å². The molecular formula is C17H16O4S. The zero-order chi connectivity index (χ0) is 15.9. The van der Waals surface area contributed by atoms with Crippen molar-refractivity contribution >= 4 is 17.1 Å². The van der Waals surface area contributed by atoms with E-state index in [-0.39, 0.29) is 0 Å². The normalized spacial score (nSPS) is 15.9. The Morgan fingerprint density at radius 2 is 2.09 bits per heavy atom. The summed E-state index contributed by atoms with van der Waals surface area (Å²) in [7, 11) is 0. The minimum Gasteiger partial charge on any atom is -0.606 e.